The van der Waals surface area contributed by atoms with Crippen LogP contribution in [-0.4, -0.2) is 39.7 Å². The highest BCUT2D eigenvalue weighted by Gasteiger charge is 2.10. The van der Waals surface area contributed by atoms with E-state index in [1.54, 1.807) is 0 Å². The van der Waals surface area contributed by atoms with Gasteiger partial charge in [0.05, 0.1) is 19.8 Å². The van der Waals surface area contributed by atoms with Gasteiger partial charge in [-0.1, -0.05) is 6.92 Å². The molecule has 1 aromatic rings. The molecular weight excluding hydrogens is 206 g/mol. The van der Waals surface area contributed by atoms with Crippen LogP contribution in [0.3, 0.4) is 0 Å². The van der Waals surface area contributed by atoms with E-state index in [-0.39, 0.29) is 6.61 Å². The van der Waals surface area contributed by atoms with Crippen LogP contribution in [0.15, 0.2) is 0 Å². The molecule has 0 aromatic carbocycles. The van der Waals surface area contributed by atoms with Crippen molar-refractivity contribution in [1.29, 1.82) is 0 Å². The van der Waals surface area contributed by atoms with E-state index in [1.165, 1.54) is 0 Å². The largest absolute Gasteiger partial charge is 0.394 e. The first-order chi connectivity index (χ1) is 7.69. The minimum Gasteiger partial charge on any atom is -0.394 e. The van der Waals surface area contributed by atoms with E-state index in [0.717, 1.165) is 18.1 Å². The van der Waals surface area contributed by atoms with Gasteiger partial charge < -0.3 is 9.84 Å². The summed E-state index contributed by atoms with van der Waals surface area (Å²) in [5.74, 6) is 1.84. The average Bonchev–Trinajstić information content (AvgIpc) is 2.68. The molecule has 1 N–H and O–H groups in total. The lowest BCUT2D eigenvalue weighted by Gasteiger charge is -2.06. The summed E-state index contributed by atoms with van der Waals surface area (Å²) in [6, 6.07) is 0.342. The van der Waals surface area contributed by atoms with E-state index in [2.05, 4.69) is 30.9 Å². The SMILES string of the molecule is CCc1nc(CCOCCO)nn1C(C)C. The third-order valence-electron chi connectivity index (χ3n) is 2.26. The topological polar surface area (TPSA) is 60.2 Å². The second kappa shape index (κ2) is 6.60. The number of aliphatic hydroxyl groups excluding tert-OH is 1. The van der Waals surface area contributed by atoms with Crippen molar-refractivity contribution < 1.29 is 9.84 Å². The van der Waals surface area contributed by atoms with E-state index in [4.69, 9.17) is 9.84 Å². The Balaban J connectivity index is 2.54. The highest BCUT2D eigenvalue weighted by Crippen LogP contribution is 2.08. The minimum absolute atomic E-state index is 0.0636. The van der Waals surface area contributed by atoms with Gasteiger partial charge in [0.25, 0.3) is 0 Å². The Hall–Kier alpha value is -0.940. The van der Waals surface area contributed by atoms with Crippen molar-refractivity contribution in [2.45, 2.75) is 39.7 Å². The molecule has 1 heterocycles. The molecule has 0 radical (unpaired) electrons. The van der Waals surface area contributed by atoms with E-state index in [1.807, 2.05) is 4.68 Å². The van der Waals surface area contributed by atoms with Crippen molar-refractivity contribution in [3.05, 3.63) is 11.6 Å². The van der Waals surface area contributed by atoms with E-state index in [9.17, 15) is 0 Å². The van der Waals surface area contributed by atoms with E-state index in [0.29, 0.717) is 25.7 Å². The van der Waals surface area contributed by atoms with Crippen LogP contribution in [0.25, 0.3) is 0 Å². The molecule has 0 fully saturated rings. The number of rotatable bonds is 7. The maximum Gasteiger partial charge on any atom is 0.153 e. The smallest absolute Gasteiger partial charge is 0.153 e. The molecule has 0 atom stereocenters. The Labute approximate surface area is 96.5 Å². The van der Waals surface area contributed by atoms with Crippen LogP contribution in [0.1, 0.15) is 38.5 Å². The van der Waals surface area contributed by atoms with Crippen molar-refractivity contribution >= 4 is 0 Å². The van der Waals surface area contributed by atoms with Gasteiger partial charge in [0.2, 0.25) is 0 Å². The van der Waals surface area contributed by atoms with Crippen molar-refractivity contribution in [2.75, 3.05) is 19.8 Å². The first kappa shape index (κ1) is 13.1. The van der Waals surface area contributed by atoms with Crippen LogP contribution < -0.4 is 0 Å². The van der Waals surface area contributed by atoms with Crippen LogP contribution >= 0.6 is 0 Å². The first-order valence-electron chi connectivity index (χ1n) is 5.82. The lowest BCUT2D eigenvalue weighted by molar-refractivity contribution is 0.0936. The lowest BCUT2D eigenvalue weighted by atomic mass is 10.4. The molecule has 5 nitrogen and oxygen atoms in total. The molecule has 0 saturated carbocycles. The number of hydrogen-bond donors (Lipinski definition) is 1. The Bertz CT molecular complexity index is 310. The lowest BCUT2D eigenvalue weighted by Crippen LogP contribution is -2.08. The standard InChI is InChI=1S/C11H21N3O2/c1-4-11-12-10(5-7-16-8-6-15)13-14(11)9(2)3/h9,15H,4-8H2,1-3H3. The fraction of sp³-hybridized carbons (Fsp3) is 0.818. The monoisotopic (exact) mass is 227 g/mol. The third kappa shape index (κ3) is 3.57. The normalized spacial score (nSPS) is 11.3. The zero-order chi connectivity index (χ0) is 12.0. The average molecular weight is 227 g/mol. The number of nitrogens with zero attached hydrogens (tertiary/aromatic N) is 3. The Morgan fingerprint density at radius 1 is 1.38 bits per heavy atom. The first-order valence-corrected chi connectivity index (χ1v) is 5.82. The molecule has 0 saturated heterocycles. The summed E-state index contributed by atoms with van der Waals surface area (Å²) >= 11 is 0. The highest BCUT2D eigenvalue weighted by molar-refractivity contribution is 4.94. The fourth-order valence-electron chi connectivity index (χ4n) is 1.50. The Kier molecular flexibility index (Phi) is 5.42. The maximum atomic E-state index is 8.56. The molecule has 5 heteroatoms. The second-order valence-corrected chi connectivity index (χ2v) is 3.92. The van der Waals surface area contributed by atoms with Crippen LogP contribution in [0.5, 0.6) is 0 Å². The molecule has 0 unspecified atom stereocenters. The summed E-state index contributed by atoms with van der Waals surface area (Å²) in [7, 11) is 0. The number of hydrogen-bond acceptors (Lipinski definition) is 4. The molecule has 1 aromatic heterocycles. The zero-order valence-electron chi connectivity index (χ0n) is 10.3. The fourth-order valence-corrected chi connectivity index (χ4v) is 1.50. The van der Waals surface area contributed by atoms with E-state index < -0.39 is 0 Å². The van der Waals surface area contributed by atoms with Gasteiger partial charge in [0, 0.05) is 18.9 Å². The van der Waals surface area contributed by atoms with Gasteiger partial charge in [0.15, 0.2) is 5.82 Å². The molecule has 0 amide bonds. The highest BCUT2D eigenvalue weighted by atomic mass is 16.5. The Morgan fingerprint density at radius 2 is 2.12 bits per heavy atom. The molecular formula is C11H21N3O2. The second-order valence-electron chi connectivity index (χ2n) is 3.92. The molecule has 0 bridgehead atoms. The van der Waals surface area contributed by atoms with Crippen molar-refractivity contribution in [1.82, 2.24) is 14.8 Å². The van der Waals surface area contributed by atoms with Gasteiger partial charge in [0.1, 0.15) is 5.82 Å². The number of aryl methyl sites for hydroxylation is 1. The summed E-state index contributed by atoms with van der Waals surface area (Å²) in [6.45, 7) is 7.28. The molecule has 1 rings (SSSR count). The molecule has 0 aliphatic heterocycles. The summed E-state index contributed by atoms with van der Waals surface area (Å²) in [5.41, 5.74) is 0. The number of aliphatic hydroxyl groups is 1. The van der Waals surface area contributed by atoms with Crippen molar-refractivity contribution in [3.8, 4) is 0 Å². The predicted molar refractivity (Wildman–Crippen MR) is 61.4 cm³/mol. The van der Waals surface area contributed by atoms with Crippen molar-refractivity contribution in [2.24, 2.45) is 0 Å². The summed E-state index contributed by atoms with van der Waals surface area (Å²) in [5, 5.41) is 13.0. The molecule has 92 valence electrons. The molecule has 0 spiro atoms. The minimum atomic E-state index is 0.0636. The van der Waals surface area contributed by atoms with Crippen LogP contribution in [0.2, 0.25) is 0 Å². The summed E-state index contributed by atoms with van der Waals surface area (Å²) < 4.78 is 7.15. The summed E-state index contributed by atoms with van der Waals surface area (Å²) in [4.78, 5) is 4.46. The Morgan fingerprint density at radius 3 is 2.62 bits per heavy atom. The van der Waals surface area contributed by atoms with Gasteiger partial charge in [-0.3, -0.25) is 0 Å². The van der Waals surface area contributed by atoms with Gasteiger partial charge in [-0.15, -0.1) is 0 Å². The van der Waals surface area contributed by atoms with Crippen LogP contribution in [0.4, 0.5) is 0 Å². The predicted octanol–water partition coefficient (Wildman–Crippen LogP) is 0.973. The molecule has 0 aliphatic rings. The zero-order valence-corrected chi connectivity index (χ0v) is 10.3. The van der Waals surface area contributed by atoms with Gasteiger partial charge >= 0.3 is 0 Å². The van der Waals surface area contributed by atoms with Crippen molar-refractivity contribution in [3.63, 3.8) is 0 Å². The van der Waals surface area contributed by atoms with Crippen LogP contribution in [-0.2, 0) is 17.6 Å². The quantitative estimate of drug-likeness (QED) is 0.705. The molecule has 16 heavy (non-hydrogen) atoms. The number of ether oxygens (including phenoxy) is 1. The van der Waals surface area contributed by atoms with Crippen LogP contribution in [0, 0.1) is 0 Å². The van der Waals surface area contributed by atoms with Gasteiger partial charge in [-0.2, -0.15) is 5.10 Å². The molecule has 0 aliphatic carbocycles. The van der Waals surface area contributed by atoms with Gasteiger partial charge in [-0.05, 0) is 13.8 Å². The van der Waals surface area contributed by atoms with Gasteiger partial charge in [-0.25, -0.2) is 9.67 Å². The maximum absolute atomic E-state index is 8.56. The summed E-state index contributed by atoms with van der Waals surface area (Å²) in [6.07, 6.45) is 1.59. The van der Waals surface area contributed by atoms with E-state index >= 15 is 0 Å². The number of aromatic nitrogens is 3. The third-order valence-corrected chi connectivity index (χ3v) is 2.26.